The van der Waals surface area contributed by atoms with Gasteiger partial charge in [0.15, 0.2) is 5.82 Å². The number of nitrogens with two attached hydrogens (primary N) is 1. The monoisotopic (exact) mass is 428 g/mol. The number of anilines is 2. The van der Waals surface area contributed by atoms with E-state index in [1.807, 2.05) is 42.5 Å². The molecule has 3 aromatic rings. The molecule has 1 amide bonds. The fraction of sp³-hybridized carbons (Fsp3) is 0.370. The van der Waals surface area contributed by atoms with E-state index < -0.39 is 0 Å². The van der Waals surface area contributed by atoms with Crippen molar-refractivity contribution in [3.63, 3.8) is 0 Å². The molecule has 0 radical (unpaired) electrons. The van der Waals surface area contributed by atoms with Gasteiger partial charge in [0, 0.05) is 17.7 Å². The summed E-state index contributed by atoms with van der Waals surface area (Å²) in [5.74, 6) is 1.22. The summed E-state index contributed by atoms with van der Waals surface area (Å²) in [5, 5.41) is 3.04. The second-order valence-corrected chi connectivity index (χ2v) is 8.77. The molecule has 5 heteroatoms. The van der Waals surface area contributed by atoms with Crippen molar-refractivity contribution >= 4 is 17.4 Å². The van der Waals surface area contributed by atoms with Gasteiger partial charge in [-0.05, 0) is 42.9 Å². The maximum absolute atomic E-state index is 12.6. The van der Waals surface area contributed by atoms with E-state index in [1.165, 1.54) is 37.7 Å². The predicted molar refractivity (Wildman–Crippen MR) is 130 cm³/mol. The molecule has 0 unspecified atom stereocenters. The van der Waals surface area contributed by atoms with Crippen LogP contribution in [0.1, 0.15) is 56.2 Å². The zero-order chi connectivity index (χ0) is 22.2. The van der Waals surface area contributed by atoms with Gasteiger partial charge in [0.25, 0.3) is 0 Å². The molecular weight excluding hydrogens is 396 g/mol. The quantitative estimate of drug-likeness (QED) is 0.444. The molecule has 0 spiro atoms. The van der Waals surface area contributed by atoms with Crippen LogP contribution in [0.3, 0.4) is 0 Å². The van der Waals surface area contributed by atoms with Gasteiger partial charge in [-0.15, -0.1) is 0 Å². The van der Waals surface area contributed by atoms with E-state index in [2.05, 4.69) is 22.4 Å². The zero-order valence-electron chi connectivity index (χ0n) is 18.6. The van der Waals surface area contributed by atoms with Gasteiger partial charge >= 0.3 is 0 Å². The number of hydrogen-bond acceptors (Lipinski definition) is 4. The highest BCUT2D eigenvalue weighted by atomic mass is 16.1. The highest BCUT2D eigenvalue weighted by Gasteiger charge is 2.19. The van der Waals surface area contributed by atoms with Crippen molar-refractivity contribution in [2.75, 3.05) is 11.1 Å². The van der Waals surface area contributed by atoms with Crippen molar-refractivity contribution in [2.45, 2.75) is 57.8 Å². The Bertz CT molecular complexity index is 1010. The molecule has 1 saturated carbocycles. The summed E-state index contributed by atoms with van der Waals surface area (Å²) in [6.07, 6.45) is 11.1. The first-order chi connectivity index (χ1) is 15.7. The highest BCUT2D eigenvalue weighted by molar-refractivity contribution is 5.90. The standard InChI is InChI=1S/C27H32N4O/c28-23-16-14-22(15-17-23)25-19-29-27(24(30-25)18-21-10-5-2-6-11-21)31-26(32)13-7-12-20-8-3-1-4-9-20/h1,3-4,8-9,14-17,19,21H,2,5-7,10-13,18,28H2,(H,29,31,32). The van der Waals surface area contributed by atoms with Gasteiger partial charge in [-0.3, -0.25) is 4.79 Å². The van der Waals surface area contributed by atoms with Crippen LogP contribution >= 0.6 is 0 Å². The molecule has 1 fully saturated rings. The van der Waals surface area contributed by atoms with Gasteiger partial charge in [0.05, 0.1) is 17.6 Å². The molecule has 1 heterocycles. The summed E-state index contributed by atoms with van der Waals surface area (Å²) in [4.78, 5) is 22.2. The number of rotatable bonds is 8. The fourth-order valence-corrected chi connectivity index (χ4v) is 4.42. The van der Waals surface area contributed by atoms with Gasteiger partial charge in [-0.2, -0.15) is 0 Å². The summed E-state index contributed by atoms with van der Waals surface area (Å²) in [7, 11) is 0. The molecule has 5 nitrogen and oxygen atoms in total. The van der Waals surface area contributed by atoms with Crippen LogP contribution in [0.15, 0.2) is 60.8 Å². The van der Waals surface area contributed by atoms with E-state index >= 15 is 0 Å². The molecule has 0 saturated heterocycles. The number of carbonyl (C=O) groups excluding carboxylic acids is 1. The van der Waals surface area contributed by atoms with Crippen LogP contribution in [0.25, 0.3) is 11.3 Å². The van der Waals surface area contributed by atoms with Crippen molar-refractivity contribution in [3.8, 4) is 11.3 Å². The molecular formula is C27H32N4O. The second kappa shape index (κ2) is 10.9. The van der Waals surface area contributed by atoms with Crippen LogP contribution in [0.2, 0.25) is 0 Å². The second-order valence-electron chi connectivity index (χ2n) is 8.77. The van der Waals surface area contributed by atoms with E-state index in [0.717, 1.165) is 41.9 Å². The minimum Gasteiger partial charge on any atom is -0.399 e. The minimum absolute atomic E-state index is 0.000333. The Labute approximate surface area is 190 Å². The molecule has 4 rings (SSSR count). The van der Waals surface area contributed by atoms with E-state index in [0.29, 0.717) is 18.2 Å². The Morgan fingerprint density at radius 3 is 2.50 bits per heavy atom. The summed E-state index contributed by atoms with van der Waals surface area (Å²) < 4.78 is 0. The van der Waals surface area contributed by atoms with E-state index in [9.17, 15) is 4.79 Å². The van der Waals surface area contributed by atoms with Gasteiger partial charge in [-0.25, -0.2) is 9.97 Å². The van der Waals surface area contributed by atoms with Crippen molar-refractivity contribution in [2.24, 2.45) is 5.92 Å². The zero-order valence-corrected chi connectivity index (χ0v) is 18.6. The van der Waals surface area contributed by atoms with Gasteiger partial charge in [0.2, 0.25) is 5.91 Å². The third kappa shape index (κ3) is 6.16. The molecule has 1 aliphatic rings. The first-order valence-electron chi connectivity index (χ1n) is 11.7. The third-order valence-corrected chi connectivity index (χ3v) is 6.23. The van der Waals surface area contributed by atoms with Gasteiger partial charge < -0.3 is 11.1 Å². The van der Waals surface area contributed by atoms with Crippen LogP contribution in [-0.2, 0) is 17.6 Å². The van der Waals surface area contributed by atoms with Crippen molar-refractivity contribution < 1.29 is 4.79 Å². The van der Waals surface area contributed by atoms with E-state index in [-0.39, 0.29) is 5.91 Å². The smallest absolute Gasteiger partial charge is 0.225 e. The Kier molecular flexibility index (Phi) is 7.49. The number of aromatic nitrogens is 2. The number of hydrogen-bond donors (Lipinski definition) is 2. The molecule has 3 N–H and O–H groups in total. The maximum Gasteiger partial charge on any atom is 0.225 e. The number of nitrogens with one attached hydrogen (secondary N) is 1. The Morgan fingerprint density at radius 1 is 1.00 bits per heavy atom. The largest absolute Gasteiger partial charge is 0.399 e. The first-order valence-corrected chi connectivity index (χ1v) is 11.7. The normalized spacial score (nSPS) is 14.2. The number of benzene rings is 2. The van der Waals surface area contributed by atoms with E-state index in [4.69, 9.17) is 10.7 Å². The minimum atomic E-state index is 0.000333. The van der Waals surface area contributed by atoms with Crippen LogP contribution in [0.4, 0.5) is 11.5 Å². The van der Waals surface area contributed by atoms with Crippen LogP contribution < -0.4 is 11.1 Å². The first kappa shape index (κ1) is 22.0. The summed E-state index contributed by atoms with van der Waals surface area (Å²) >= 11 is 0. The lowest BCUT2D eigenvalue weighted by Gasteiger charge is -2.22. The van der Waals surface area contributed by atoms with Gasteiger partial charge in [-0.1, -0.05) is 74.6 Å². The lowest BCUT2D eigenvalue weighted by atomic mass is 9.86. The summed E-state index contributed by atoms with van der Waals surface area (Å²) in [5.41, 5.74) is 10.5. The predicted octanol–water partition coefficient (Wildman–Crippen LogP) is 5.81. The molecule has 1 aliphatic carbocycles. The van der Waals surface area contributed by atoms with Crippen LogP contribution in [0.5, 0.6) is 0 Å². The molecule has 32 heavy (non-hydrogen) atoms. The molecule has 0 bridgehead atoms. The van der Waals surface area contributed by atoms with Crippen molar-refractivity contribution in [1.82, 2.24) is 9.97 Å². The van der Waals surface area contributed by atoms with E-state index in [1.54, 1.807) is 6.20 Å². The van der Waals surface area contributed by atoms with Gasteiger partial charge in [0.1, 0.15) is 0 Å². The molecule has 0 atom stereocenters. The lowest BCUT2D eigenvalue weighted by molar-refractivity contribution is -0.116. The third-order valence-electron chi connectivity index (χ3n) is 6.23. The molecule has 0 aliphatic heterocycles. The Hall–Kier alpha value is -3.21. The topological polar surface area (TPSA) is 80.9 Å². The number of carbonyl (C=O) groups is 1. The summed E-state index contributed by atoms with van der Waals surface area (Å²) in [6.45, 7) is 0. The SMILES string of the molecule is Nc1ccc(-c2cnc(NC(=O)CCCc3ccccc3)c(CC3CCCCC3)n2)cc1. The van der Waals surface area contributed by atoms with Crippen LogP contribution in [0, 0.1) is 5.92 Å². The van der Waals surface area contributed by atoms with Crippen molar-refractivity contribution in [1.29, 1.82) is 0 Å². The average Bonchev–Trinajstić information content (AvgIpc) is 2.82. The number of nitrogens with zero attached hydrogens (tertiary/aromatic N) is 2. The van der Waals surface area contributed by atoms with Crippen molar-refractivity contribution in [3.05, 3.63) is 72.1 Å². The molecule has 1 aromatic heterocycles. The Morgan fingerprint density at radius 2 is 1.75 bits per heavy atom. The summed E-state index contributed by atoms with van der Waals surface area (Å²) in [6, 6.07) is 18.0. The number of aryl methyl sites for hydroxylation is 1. The molecule has 166 valence electrons. The molecule has 2 aromatic carbocycles. The number of nitrogen functional groups attached to an aromatic ring is 1. The lowest BCUT2D eigenvalue weighted by Crippen LogP contribution is -2.18. The maximum atomic E-state index is 12.6. The average molecular weight is 429 g/mol. The number of amides is 1. The fourth-order valence-electron chi connectivity index (χ4n) is 4.42. The highest BCUT2D eigenvalue weighted by Crippen LogP contribution is 2.29. The van der Waals surface area contributed by atoms with Crippen LogP contribution in [-0.4, -0.2) is 15.9 Å². The Balaban J connectivity index is 1.46.